The van der Waals surface area contributed by atoms with Crippen molar-refractivity contribution in [2.45, 2.75) is 32.6 Å². The van der Waals surface area contributed by atoms with Gasteiger partial charge in [-0.1, -0.05) is 31.9 Å². The summed E-state index contributed by atoms with van der Waals surface area (Å²) in [7, 11) is 2.16. The molecule has 0 aliphatic carbocycles. The minimum absolute atomic E-state index is 0.697. The molecule has 0 saturated carbocycles. The highest BCUT2D eigenvalue weighted by Crippen LogP contribution is 2.12. The predicted molar refractivity (Wildman–Crippen MR) is 81.7 cm³/mol. The molecule has 0 unspecified atom stereocenters. The van der Waals surface area contributed by atoms with Gasteiger partial charge in [-0.05, 0) is 50.7 Å². The second kappa shape index (κ2) is 9.82. The van der Waals surface area contributed by atoms with Crippen LogP contribution in [0.2, 0.25) is 0 Å². The highest BCUT2D eigenvalue weighted by molar-refractivity contribution is 5.27. The first-order chi connectivity index (χ1) is 9.26. The Morgan fingerprint density at radius 2 is 1.84 bits per heavy atom. The zero-order chi connectivity index (χ0) is 13.9. The Morgan fingerprint density at radius 3 is 2.47 bits per heavy atom. The van der Waals surface area contributed by atoms with E-state index in [1.165, 1.54) is 24.8 Å². The van der Waals surface area contributed by atoms with Crippen molar-refractivity contribution < 1.29 is 4.74 Å². The highest BCUT2D eigenvalue weighted by Gasteiger charge is 1.99. The van der Waals surface area contributed by atoms with E-state index in [0.717, 1.165) is 31.9 Å². The molecule has 19 heavy (non-hydrogen) atoms. The van der Waals surface area contributed by atoms with Crippen LogP contribution in [0, 0.1) is 0 Å². The molecule has 0 heterocycles. The summed E-state index contributed by atoms with van der Waals surface area (Å²) in [6.45, 7) is 5.82. The lowest BCUT2D eigenvalue weighted by Gasteiger charge is -2.16. The molecule has 0 bridgehead atoms. The van der Waals surface area contributed by atoms with Gasteiger partial charge in [0.25, 0.3) is 0 Å². The molecule has 0 spiro atoms. The first-order valence-corrected chi connectivity index (χ1v) is 7.36. The molecular weight excluding hydrogens is 236 g/mol. The quantitative estimate of drug-likeness (QED) is 0.660. The van der Waals surface area contributed by atoms with Gasteiger partial charge in [0, 0.05) is 6.54 Å². The summed E-state index contributed by atoms with van der Waals surface area (Å²) in [6, 6.07) is 8.24. The van der Waals surface area contributed by atoms with Crippen molar-refractivity contribution in [2.75, 3.05) is 33.3 Å². The van der Waals surface area contributed by atoms with Gasteiger partial charge in [0.15, 0.2) is 0 Å². The summed E-state index contributed by atoms with van der Waals surface area (Å²) in [5.74, 6) is 0.947. The largest absolute Gasteiger partial charge is 0.492 e. The van der Waals surface area contributed by atoms with E-state index >= 15 is 0 Å². The van der Waals surface area contributed by atoms with Gasteiger partial charge in [-0.15, -0.1) is 0 Å². The number of hydrogen-bond acceptors (Lipinski definition) is 3. The van der Waals surface area contributed by atoms with Crippen LogP contribution in [0.15, 0.2) is 24.3 Å². The molecule has 3 heteroatoms. The van der Waals surface area contributed by atoms with Crippen molar-refractivity contribution in [2.24, 2.45) is 5.73 Å². The maximum absolute atomic E-state index is 5.74. The number of likely N-dealkylation sites (N-methyl/N-ethyl adjacent to an activating group) is 1. The van der Waals surface area contributed by atoms with Crippen molar-refractivity contribution >= 4 is 0 Å². The smallest absolute Gasteiger partial charge is 0.119 e. The lowest BCUT2D eigenvalue weighted by atomic mass is 10.1. The van der Waals surface area contributed by atoms with Crippen molar-refractivity contribution in [3.05, 3.63) is 29.8 Å². The molecule has 1 aromatic rings. The van der Waals surface area contributed by atoms with E-state index in [2.05, 4.69) is 31.0 Å². The van der Waals surface area contributed by atoms with Crippen molar-refractivity contribution in [3.63, 3.8) is 0 Å². The van der Waals surface area contributed by atoms with Gasteiger partial charge < -0.3 is 15.4 Å². The second-order valence-electron chi connectivity index (χ2n) is 5.04. The lowest BCUT2D eigenvalue weighted by Crippen LogP contribution is -2.25. The first-order valence-electron chi connectivity index (χ1n) is 7.36. The van der Waals surface area contributed by atoms with Crippen LogP contribution in [0.25, 0.3) is 0 Å². The molecule has 0 aliphatic heterocycles. The third kappa shape index (κ3) is 7.19. The number of hydrogen-bond donors (Lipinski definition) is 1. The van der Waals surface area contributed by atoms with Crippen molar-refractivity contribution in [3.8, 4) is 5.75 Å². The number of rotatable bonds is 10. The fourth-order valence-electron chi connectivity index (χ4n) is 1.98. The van der Waals surface area contributed by atoms with Gasteiger partial charge in [-0.25, -0.2) is 0 Å². The zero-order valence-electron chi connectivity index (χ0n) is 12.4. The lowest BCUT2D eigenvalue weighted by molar-refractivity contribution is 0.235. The average molecular weight is 264 g/mol. The SMILES string of the molecule is CCCCCN(C)CCOc1ccc(CCN)cc1. The molecule has 0 aromatic heterocycles. The highest BCUT2D eigenvalue weighted by atomic mass is 16.5. The van der Waals surface area contributed by atoms with Crippen LogP contribution < -0.4 is 10.5 Å². The molecule has 3 nitrogen and oxygen atoms in total. The Hall–Kier alpha value is -1.06. The molecule has 0 atom stereocenters. The summed E-state index contributed by atoms with van der Waals surface area (Å²) in [4.78, 5) is 2.33. The minimum Gasteiger partial charge on any atom is -0.492 e. The van der Waals surface area contributed by atoms with Crippen LogP contribution in [0.3, 0.4) is 0 Å². The van der Waals surface area contributed by atoms with Gasteiger partial charge in [0.05, 0.1) is 0 Å². The van der Waals surface area contributed by atoms with E-state index in [0.29, 0.717) is 6.54 Å². The summed E-state index contributed by atoms with van der Waals surface area (Å²) in [5.41, 5.74) is 6.80. The number of nitrogens with two attached hydrogens (primary N) is 1. The molecule has 1 rings (SSSR count). The van der Waals surface area contributed by atoms with E-state index in [9.17, 15) is 0 Å². The van der Waals surface area contributed by atoms with E-state index in [-0.39, 0.29) is 0 Å². The van der Waals surface area contributed by atoms with Gasteiger partial charge in [-0.3, -0.25) is 0 Å². The summed E-state index contributed by atoms with van der Waals surface area (Å²) in [6.07, 6.45) is 4.80. The van der Waals surface area contributed by atoms with E-state index in [1.807, 2.05) is 12.1 Å². The van der Waals surface area contributed by atoms with Crippen molar-refractivity contribution in [1.82, 2.24) is 4.90 Å². The van der Waals surface area contributed by atoms with Gasteiger partial charge in [0.2, 0.25) is 0 Å². The monoisotopic (exact) mass is 264 g/mol. The Kier molecular flexibility index (Phi) is 8.26. The van der Waals surface area contributed by atoms with Crippen molar-refractivity contribution in [1.29, 1.82) is 0 Å². The Bertz CT molecular complexity index is 324. The molecule has 0 amide bonds. The molecule has 0 aliphatic rings. The molecular formula is C16H28N2O. The van der Waals surface area contributed by atoms with Crippen LogP contribution in [0.4, 0.5) is 0 Å². The minimum atomic E-state index is 0.697. The summed E-state index contributed by atoms with van der Waals surface area (Å²) < 4.78 is 5.74. The Balaban J connectivity index is 2.17. The van der Waals surface area contributed by atoms with Crippen LogP contribution >= 0.6 is 0 Å². The number of unbranched alkanes of at least 4 members (excludes halogenated alkanes) is 2. The molecule has 1 aromatic carbocycles. The third-order valence-corrected chi connectivity index (χ3v) is 3.24. The fraction of sp³-hybridized carbons (Fsp3) is 0.625. The van der Waals surface area contributed by atoms with E-state index in [4.69, 9.17) is 10.5 Å². The molecule has 108 valence electrons. The Labute approximate surface area is 117 Å². The third-order valence-electron chi connectivity index (χ3n) is 3.24. The van der Waals surface area contributed by atoms with Crippen LogP contribution in [-0.4, -0.2) is 38.2 Å². The number of nitrogens with zero attached hydrogens (tertiary/aromatic N) is 1. The Morgan fingerprint density at radius 1 is 1.11 bits per heavy atom. The van der Waals surface area contributed by atoms with Crippen LogP contribution in [0.5, 0.6) is 5.75 Å². The fourth-order valence-corrected chi connectivity index (χ4v) is 1.98. The van der Waals surface area contributed by atoms with Gasteiger partial charge in [0.1, 0.15) is 12.4 Å². The topological polar surface area (TPSA) is 38.5 Å². The molecule has 0 saturated heterocycles. The normalized spacial score (nSPS) is 10.9. The van der Waals surface area contributed by atoms with Crippen LogP contribution in [-0.2, 0) is 6.42 Å². The molecule has 2 N–H and O–H groups in total. The molecule has 0 fully saturated rings. The maximum Gasteiger partial charge on any atom is 0.119 e. The second-order valence-corrected chi connectivity index (χ2v) is 5.04. The average Bonchev–Trinajstić information content (AvgIpc) is 2.41. The van der Waals surface area contributed by atoms with Gasteiger partial charge >= 0.3 is 0 Å². The summed E-state index contributed by atoms with van der Waals surface area (Å²) >= 11 is 0. The van der Waals surface area contributed by atoms with Gasteiger partial charge in [-0.2, -0.15) is 0 Å². The number of ether oxygens (including phenoxy) is 1. The standard InChI is InChI=1S/C16H28N2O/c1-3-4-5-12-18(2)13-14-19-16-8-6-15(7-9-16)10-11-17/h6-9H,3-5,10-14,17H2,1-2H3. The predicted octanol–water partition coefficient (Wildman–Crippen LogP) is 2.69. The maximum atomic E-state index is 5.74. The van der Waals surface area contributed by atoms with E-state index < -0.39 is 0 Å². The molecule has 0 radical (unpaired) electrons. The zero-order valence-corrected chi connectivity index (χ0v) is 12.4. The van der Waals surface area contributed by atoms with Crippen LogP contribution in [0.1, 0.15) is 31.7 Å². The van der Waals surface area contributed by atoms with E-state index in [1.54, 1.807) is 0 Å². The summed E-state index contributed by atoms with van der Waals surface area (Å²) in [5, 5.41) is 0. The number of benzene rings is 1. The first kappa shape index (κ1) is 16.0.